The number of anilines is 2. The average Bonchev–Trinajstić information content (AvgIpc) is 2.79. The molecule has 0 aliphatic carbocycles. The second-order valence-corrected chi connectivity index (χ2v) is 6.81. The standard InChI is InChI=1S/C21H20F4N4O.CH3NO/c1-27-19-16(13-26)11-14(12-17(19)22)3-2-4-15-5-6-18(21(23,24)25)28-20(15)29-7-9-30-10-8-29;2-1-3/h2,4-6,11-12,27H,3,7-10H2,1H3;1H,(H2,2,3)/b4-2+;. The van der Waals surface area contributed by atoms with Crippen molar-refractivity contribution in [2.45, 2.75) is 12.6 Å². The number of alkyl halides is 3. The Labute approximate surface area is 188 Å². The number of nitrogens with zero attached hydrogens (tertiary/aromatic N) is 3. The van der Waals surface area contributed by atoms with Gasteiger partial charge in [-0.3, -0.25) is 4.79 Å². The molecule has 0 unspecified atom stereocenters. The highest BCUT2D eigenvalue weighted by molar-refractivity contribution is 5.65. The number of carbonyl (C=O) groups excluding carboxylic acids is 1. The van der Waals surface area contributed by atoms with Gasteiger partial charge >= 0.3 is 6.18 Å². The molecule has 3 N–H and O–H groups in total. The van der Waals surface area contributed by atoms with E-state index in [1.165, 1.54) is 19.2 Å². The van der Waals surface area contributed by atoms with Gasteiger partial charge in [-0.1, -0.05) is 12.2 Å². The van der Waals surface area contributed by atoms with Crippen molar-refractivity contribution >= 4 is 24.0 Å². The zero-order chi connectivity index (χ0) is 24.4. The van der Waals surface area contributed by atoms with E-state index in [2.05, 4.69) is 16.0 Å². The quantitative estimate of drug-likeness (QED) is 0.519. The highest BCUT2D eigenvalue weighted by Gasteiger charge is 2.33. The fraction of sp³-hybridized carbons (Fsp3) is 0.318. The molecule has 1 aliphatic heterocycles. The Hall–Kier alpha value is -3.65. The first-order valence-corrected chi connectivity index (χ1v) is 9.88. The summed E-state index contributed by atoms with van der Waals surface area (Å²) >= 11 is 0. The Bertz CT molecular complexity index is 1030. The molecule has 1 fully saturated rings. The van der Waals surface area contributed by atoms with Crippen LogP contribution in [0.25, 0.3) is 6.08 Å². The van der Waals surface area contributed by atoms with E-state index in [9.17, 15) is 22.8 Å². The molecule has 3 rings (SSSR count). The van der Waals surface area contributed by atoms with E-state index in [0.717, 1.165) is 6.07 Å². The minimum Gasteiger partial charge on any atom is -0.385 e. The molecule has 2 heterocycles. The van der Waals surface area contributed by atoms with Gasteiger partial charge in [0, 0.05) is 25.7 Å². The molecule has 0 saturated carbocycles. The summed E-state index contributed by atoms with van der Waals surface area (Å²) in [7, 11) is 1.53. The number of ether oxygens (including phenoxy) is 1. The fourth-order valence-corrected chi connectivity index (χ4v) is 3.22. The van der Waals surface area contributed by atoms with E-state index < -0.39 is 17.7 Å². The van der Waals surface area contributed by atoms with Gasteiger partial charge in [-0.05, 0) is 36.2 Å². The zero-order valence-electron chi connectivity index (χ0n) is 17.8. The summed E-state index contributed by atoms with van der Waals surface area (Å²) in [6, 6.07) is 7.17. The molecule has 33 heavy (non-hydrogen) atoms. The average molecular weight is 465 g/mol. The second-order valence-electron chi connectivity index (χ2n) is 6.81. The van der Waals surface area contributed by atoms with Gasteiger partial charge in [0.15, 0.2) is 0 Å². The normalized spacial score (nSPS) is 13.8. The highest BCUT2D eigenvalue weighted by Crippen LogP contribution is 2.31. The van der Waals surface area contributed by atoms with Gasteiger partial charge in [0.25, 0.3) is 0 Å². The number of allylic oxidation sites excluding steroid dienone is 1. The topological polar surface area (TPSA) is 104 Å². The molecule has 11 heteroatoms. The molecular formula is C22H23F4N5O2. The molecule has 1 amide bonds. The third-order valence-corrected chi connectivity index (χ3v) is 4.68. The monoisotopic (exact) mass is 465 g/mol. The SMILES string of the molecule is CNc1c(F)cc(C/C=C/c2ccc(C(F)(F)F)nc2N2CCOCC2)cc1C#N.NC=O. The first kappa shape index (κ1) is 25.6. The van der Waals surface area contributed by atoms with Crippen molar-refractivity contribution in [2.24, 2.45) is 5.73 Å². The Morgan fingerprint density at radius 1 is 1.30 bits per heavy atom. The third kappa shape index (κ3) is 6.92. The lowest BCUT2D eigenvalue weighted by atomic mass is 10.0. The van der Waals surface area contributed by atoms with Crippen LogP contribution in [0.4, 0.5) is 29.1 Å². The number of pyridine rings is 1. The van der Waals surface area contributed by atoms with E-state index in [0.29, 0.717) is 43.9 Å². The van der Waals surface area contributed by atoms with E-state index in [4.69, 9.17) is 9.53 Å². The Kier molecular flexibility index (Phi) is 9.18. The van der Waals surface area contributed by atoms with E-state index in [1.54, 1.807) is 23.1 Å². The van der Waals surface area contributed by atoms with Crippen LogP contribution < -0.4 is 16.0 Å². The van der Waals surface area contributed by atoms with E-state index >= 15 is 0 Å². The highest BCUT2D eigenvalue weighted by atomic mass is 19.4. The van der Waals surface area contributed by atoms with Gasteiger partial charge in [-0.25, -0.2) is 9.37 Å². The minimum absolute atomic E-state index is 0.131. The summed E-state index contributed by atoms with van der Waals surface area (Å²) in [6.45, 7) is 1.71. The molecule has 176 valence electrons. The van der Waals surface area contributed by atoms with Gasteiger partial charge in [0.1, 0.15) is 23.4 Å². The number of halogens is 4. The maximum absolute atomic E-state index is 14.1. The van der Waals surface area contributed by atoms with Crippen LogP contribution in [-0.4, -0.2) is 44.7 Å². The second kappa shape index (κ2) is 11.8. The molecule has 7 nitrogen and oxygen atoms in total. The minimum atomic E-state index is -4.54. The first-order chi connectivity index (χ1) is 15.7. The van der Waals surface area contributed by atoms with E-state index in [-0.39, 0.29) is 23.5 Å². The van der Waals surface area contributed by atoms with Crippen molar-refractivity contribution in [1.29, 1.82) is 5.26 Å². The number of carbonyl (C=O) groups is 1. The molecule has 1 aromatic heterocycles. The number of hydrogen-bond donors (Lipinski definition) is 2. The first-order valence-electron chi connectivity index (χ1n) is 9.88. The number of amides is 1. The molecule has 1 aromatic carbocycles. The van der Waals surface area contributed by atoms with Crippen LogP contribution in [0.5, 0.6) is 0 Å². The molecule has 1 saturated heterocycles. The predicted molar refractivity (Wildman–Crippen MR) is 116 cm³/mol. The Morgan fingerprint density at radius 3 is 2.55 bits per heavy atom. The lowest BCUT2D eigenvalue weighted by molar-refractivity contribution is -0.141. The van der Waals surface area contributed by atoms with E-state index in [1.807, 2.05) is 6.07 Å². The number of benzene rings is 1. The summed E-state index contributed by atoms with van der Waals surface area (Å²) in [6.07, 6.45) is -0.611. The Balaban J connectivity index is 0.00000122. The van der Waals surface area contributed by atoms with Crippen molar-refractivity contribution in [1.82, 2.24) is 4.98 Å². The summed E-state index contributed by atoms with van der Waals surface area (Å²) in [5, 5.41) is 11.8. The smallest absolute Gasteiger partial charge is 0.385 e. The van der Waals surface area contributed by atoms with Gasteiger partial charge in [-0.15, -0.1) is 0 Å². The van der Waals surface area contributed by atoms with Crippen molar-refractivity contribution in [3.05, 3.63) is 58.5 Å². The molecule has 2 aromatic rings. The lowest BCUT2D eigenvalue weighted by Crippen LogP contribution is -2.37. The summed E-state index contributed by atoms with van der Waals surface area (Å²) in [5.41, 5.74) is 4.63. The zero-order valence-corrected chi connectivity index (χ0v) is 17.8. The van der Waals surface area contributed by atoms with Crippen molar-refractivity contribution in [2.75, 3.05) is 43.6 Å². The van der Waals surface area contributed by atoms with Crippen LogP contribution in [0.2, 0.25) is 0 Å². The maximum atomic E-state index is 14.1. The predicted octanol–water partition coefficient (Wildman–Crippen LogP) is 3.35. The van der Waals surface area contributed by atoms with Crippen LogP contribution in [0.15, 0.2) is 30.3 Å². The molecule has 1 aliphatic rings. The third-order valence-electron chi connectivity index (χ3n) is 4.68. The summed E-state index contributed by atoms with van der Waals surface area (Å²) in [5.74, 6) is -0.302. The number of rotatable bonds is 5. The molecule has 0 radical (unpaired) electrons. The maximum Gasteiger partial charge on any atom is 0.433 e. The number of hydrogen-bond acceptors (Lipinski definition) is 6. The largest absolute Gasteiger partial charge is 0.433 e. The number of morpholine rings is 1. The molecular weight excluding hydrogens is 442 g/mol. The Morgan fingerprint density at radius 2 is 1.97 bits per heavy atom. The molecule has 0 atom stereocenters. The van der Waals surface area contributed by atoms with Crippen molar-refractivity contribution in [3.63, 3.8) is 0 Å². The van der Waals surface area contributed by atoms with Crippen LogP contribution in [0.3, 0.4) is 0 Å². The van der Waals surface area contributed by atoms with Crippen molar-refractivity contribution < 1.29 is 27.1 Å². The van der Waals surface area contributed by atoms with Gasteiger partial charge in [0.05, 0.1) is 24.5 Å². The number of primary amides is 1. The van der Waals surface area contributed by atoms with Crippen LogP contribution >= 0.6 is 0 Å². The van der Waals surface area contributed by atoms with Crippen LogP contribution in [-0.2, 0) is 22.1 Å². The fourth-order valence-electron chi connectivity index (χ4n) is 3.22. The number of nitrogens with one attached hydrogen (secondary N) is 1. The van der Waals surface area contributed by atoms with Crippen LogP contribution in [0, 0.1) is 17.1 Å². The molecule has 0 spiro atoms. The van der Waals surface area contributed by atoms with Gasteiger partial charge < -0.3 is 20.7 Å². The number of nitriles is 1. The summed E-state index contributed by atoms with van der Waals surface area (Å²) < 4.78 is 58.8. The lowest BCUT2D eigenvalue weighted by Gasteiger charge is -2.29. The summed E-state index contributed by atoms with van der Waals surface area (Å²) in [4.78, 5) is 14.2. The molecule has 0 bridgehead atoms. The number of aromatic nitrogens is 1. The van der Waals surface area contributed by atoms with Crippen LogP contribution in [0.1, 0.15) is 22.4 Å². The van der Waals surface area contributed by atoms with Crippen molar-refractivity contribution in [3.8, 4) is 6.07 Å². The van der Waals surface area contributed by atoms with Gasteiger partial charge in [0.2, 0.25) is 6.41 Å². The van der Waals surface area contributed by atoms with Gasteiger partial charge in [-0.2, -0.15) is 18.4 Å². The number of nitrogens with two attached hydrogens (primary N) is 1.